The van der Waals surface area contributed by atoms with Gasteiger partial charge >= 0.3 is 11.9 Å². The fourth-order valence-corrected chi connectivity index (χ4v) is 12.6. The fourth-order valence-electron chi connectivity index (χ4n) is 3.19. The van der Waals surface area contributed by atoms with Crippen LogP contribution in [0.5, 0.6) is 0 Å². The van der Waals surface area contributed by atoms with Gasteiger partial charge in [-0.15, -0.1) is 0 Å². The zero-order valence-corrected chi connectivity index (χ0v) is 14.7. The van der Waals surface area contributed by atoms with Crippen LogP contribution in [-0.2, 0) is 28.0 Å². The van der Waals surface area contributed by atoms with Crippen molar-refractivity contribution in [3.05, 3.63) is 0 Å². The molecule has 1 saturated heterocycles. The molecule has 1 aliphatic carbocycles. The molecule has 21 heavy (non-hydrogen) atoms. The smallest absolute Gasteiger partial charge is 0.316 e. The van der Waals surface area contributed by atoms with E-state index in [0.29, 0.717) is 0 Å². The predicted octanol–water partition coefficient (Wildman–Crippen LogP) is 1.56. The fraction of sp³-hybridized carbons (Fsp3) is 0.692. The minimum absolute atomic E-state index is 0.00357. The highest BCUT2D eigenvalue weighted by Crippen LogP contribution is 2.40. The molecule has 2 rings (SSSR count). The van der Waals surface area contributed by atoms with E-state index in [1.165, 1.54) is 0 Å². The number of rotatable bonds is 4. The Hall–Kier alpha value is -1.13. The van der Waals surface area contributed by atoms with Gasteiger partial charge in [-0.2, -0.15) is 0 Å². The third-order valence-corrected chi connectivity index (χ3v) is 12.8. The van der Waals surface area contributed by atoms with Crippen LogP contribution >= 0.6 is 0 Å². The number of ketones is 2. The highest BCUT2D eigenvalue weighted by atomic mass is 28.4. The van der Waals surface area contributed by atoms with E-state index in [1.54, 1.807) is 0 Å². The van der Waals surface area contributed by atoms with Crippen LogP contribution in [0, 0.1) is 0 Å². The minimum Gasteiger partial charge on any atom is -0.454 e. The third kappa shape index (κ3) is 3.22. The van der Waals surface area contributed by atoms with Crippen LogP contribution in [0.3, 0.4) is 0 Å². The van der Waals surface area contributed by atoms with E-state index in [9.17, 15) is 19.2 Å². The summed E-state index contributed by atoms with van der Waals surface area (Å²) in [5.41, 5.74) is -0.867. The molecule has 1 saturated carbocycles. The average molecular weight is 328 g/mol. The van der Waals surface area contributed by atoms with E-state index in [1.807, 2.05) is 26.2 Å². The van der Waals surface area contributed by atoms with Crippen molar-refractivity contribution in [2.75, 3.05) is 0 Å². The van der Waals surface area contributed by atoms with Crippen LogP contribution in [-0.4, -0.2) is 40.1 Å². The van der Waals surface area contributed by atoms with Crippen LogP contribution in [0.25, 0.3) is 0 Å². The quantitative estimate of drug-likeness (QED) is 0.442. The summed E-state index contributed by atoms with van der Waals surface area (Å²) in [5.74, 6) is -1.12. The maximum Gasteiger partial charge on any atom is 0.316 e. The Balaban J connectivity index is 2.15. The topological polar surface area (TPSA) is 86.7 Å². The molecule has 0 aromatic carbocycles. The van der Waals surface area contributed by atoms with Gasteiger partial charge in [-0.05, 0) is 26.2 Å². The summed E-state index contributed by atoms with van der Waals surface area (Å²) in [6.45, 7) is 7.55. The molecule has 1 aliphatic heterocycles. The van der Waals surface area contributed by atoms with Crippen molar-refractivity contribution in [2.45, 2.75) is 56.5 Å². The summed E-state index contributed by atoms with van der Waals surface area (Å²) < 4.78 is 10.9. The summed E-state index contributed by atoms with van der Waals surface area (Å²) in [7, 11) is -4.98. The molecule has 116 valence electrons. The summed E-state index contributed by atoms with van der Waals surface area (Å²) in [4.78, 5) is 46.4. The van der Waals surface area contributed by atoms with Crippen molar-refractivity contribution in [1.82, 2.24) is 0 Å². The molecule has 0 radical (unpaired) electrons. The molecule has 2 atom stereocenters. The summed E-state index contributed by atoms with van der Waals surface area (Å²) in [6, 6.07) is 0. The van der Waals surface area contributed by atoms with Crippen LogP contribution in [0.4, 0.5) is 0 Å². The second-order valence-electron chi connectivity index (χ2n) is 6.80. The van der Waals surface area contributed by atoms with E-state index in [0.717, 1.165) is 0 Å². The number of carbonyl (C=O) groups excluding carboxylic acids is 4. The molecule has 2 fully saturated rings. The second kappa shape index (κ2) is 5.25. The minimum atomic E-state index is -2.53. The summed E-state index contributed by atoms with van der Waals surface area (Å²) in [5, 5.41) is 0. The van der Waals surface area contributed by atoms with E-state index in [2.05, 4.69) is 4.74 Å². The van der Waals surface area contributed by atoms with Crippen molar-refractivity contribution in [1.29, 1.82) is 0 Å². The second-order valence-corrected chi connectivity index (χ2v) is 15.4. The van der Waals surface area contributed by atoms with Crippen molar-refractivity contribution in [3.8, 4) is 0 Å². The first-order chi connectivity index (χ1) is 9.53. The van der Waals surface area contributed by atoms with Crippen molar-refractivity contribution < 1.29 is 28.0 Å². The van der Waals surface area contributed by atoms with Crippen molar-refractivity contribution >= 4 is 40.1 Å². The molecule has 2 unspecified atom stereocenters. The van der Waals surface area contributed by atoms with Gasteiger partial charge in [-0.25, -0.2) is 0 Å². The maximum absolute atomic E-state index is 12.0. The molecule has 0 aromatic heterocycles. The maximum atomic E-state index is 12.0. The van der Waals surface area contributed by atoms with Gasteiger partial charge in [0.25, 0.3) is 0 Å². The highest BCUT2D eigenvalue weighted by molar-refractivity contribution is 6.89. The molecule has 0 bridgehead atoms. The predicted molar refractivity (Wildman–Crippen MR) is 78.5 cm³/mol. The molecule has 1 heterocycles. The monoisotopic (exact) mass is 328 g/mol. The Morgan fingerprint density at radius 1 is 0.952 bits per heavy atom. The standard InChI is InChI=1S/C13H20O6Si2/c1-20(2,10-6-8(14)5-9(10)15)19-21(3,4)11-7-12(16)18-13(11)17/h10-11H,5-7H2,1-4H3. The summed E-state index contributed by atoms with van der Waals surface area (Å²) >= 11 is 0. The van der Waals surface area contributed by atoms with Crippen molar-refractivity contribution in [3.63, 3.8) is 0 Å². The van der Waals surface area contributed by atoms with Gasteiger partial charge in [-0.1, -0.05) is 0 Å². The van der Waals surface area contributed by atoms with Gasteiger partial charge < -0.3 is 8.85 Å². The largest absolute Gasteiger partial charge is 0.454 e. The number of hydrogen-bond acceptors (Lipinski definition) is 6. The zero-order chi connectivity index (χ0) is 16.0. The van der Waals surface area contributed by atoms with E-state index < -0.39 is 34.1 Å². The molecule has 0 aromatic rings. The Bertz CT molecular complexity index is 479. The molecule has 8 heteroatoms. The lowest BCUT2D eigenvalue weighted by Crippen LogP contribution is -2.51. The zero-order valence-electron chi connectivity index (χ0n) is 12.7. The first-order valence-electron chi connectivity index (χ1n) is 7.02. The third-order valence-electron chi connectivity index (χ3n) is 4.27. The van der Waals surface area contributed by atoms with Crippen LogP contribution in [0.2, 0.25) is 37.3 Å². The van der Waals surface area contributed by atoms with Crippen LogP contribution in [0.15, 0.2) is 0 Å². The van der Waals surface area contributed by atoms with Crippen LogP contribution in [0.1, 0.15) is 19.3 Å². The van der Waals surface area contributed by atoms with Gasteiger partial charge in [0.15, 0.2) is 16.6 Å². The lowest BCUT2D eigenvalue weighted by molar-refractivity contribution is -0.152. The Kier molecular flexibility index (Phi) is 4.07. The van der Waals surface area contributed by atoms with Gasteiger partial charge in [0.2, 0.25) is 0 Å². The number of esters is 2. The molecule has 0 amide bonds. The Labute approximate surface area is 125 Å². The Morgan fingerprint density at radius 2 is 1.52 bits per heavy atom. The molecular weight excluding hydrogens is 308 g/mol. The highest BCUT2D eigenvalue weighted by Gasteiger charge is 2.53. The first-order valence-corrected chi connectivity index (χ1v) is 13.0. The van der Waals surface area contributed by atoms with E-state index in [4.69, 9.17) is 4.12 Å². The molecular formula is C13H20O6Si2. The van der Waals surface area contributed by atoms with Crippen molar-refractivity contribution in [2.24, 2.45) is 0 Å². The van der Waals surface area contributed by atoms with E-state index in [-0.39, 0.29) is 36.4 Å². The number of ether oxygens (including phenoxy) is 1. The van der Waals surface area contributed by atoms with Gasteiger partial charge in [0.1, 0.15) is 11.6 Å². The first kappa shape index (κ1) is 16.2. The lowest BCUT2D eigenvalue weighted by atomic mass is 10.3. The number of Topliss-reactive ketones (excluding diaryl/α,β-unsaturated/α-hetero) is 2. The van der Waals surface area contributed by atoms with Gasteiger partial charge in [0.05, 0.1) is 18.4 Å². The van der Waals surface area contributed by atoms with Gasteiger partial charge in [0, 0.05) is 12.0 Å². The molecule has 6 nitrogen and oxygen atoms in total. The van der Waals surface area contributed by atoms with Crippen LogP contribution < -0.4 is 0 Å². The average Bonchev–Trinajstić information content (AvgIpc) is 2.80. The number of cyclic esters (lactones) is 2. The molecule has 2 aliphatic rings. The van der Waals surface area contributed by atoms with Gasteiger partial charge in [-0.3, -0.25) is 19.2 Å². The number of hydrogen-bond donors (Lipinski definition) is 0. The lowest BCUT2D eigenvalue weighted by Gasteiger charge is -2.38. The molecule has 0 N–H and O–H groups in total. The normalized spacial score (nSPS) is 27.4. The number of carbonyl (C=O) groups is 4. The SMILES string of the molecule is C[Si](C)(O[Si](C)(C)C1CC(=O)OC1=O)C1CC(=O)CC1=O. The Morgan fingerprint density at radius 3 is 1.95 bits per heavy atom. The molecule has 0 spiro atoms. The van der Waals surface area contributed by atoms with E-state index >= 15 is 0 Å². The summed E-state index contributed by atoms with van der Waals surface area (Å²) in [6.07, 6.45) is 0.299.